The molecule has 5 N–H and O–H groups in total. The first-order valence-electron chi connectivity index (χ1n) is 11.8. The number of hydrogen-bond donors (Lipinski definition) is 3. The van der Waals surface area contributed by atoms with Crippen molar-refractivity contribution in [3.8, 4) is 11.5 Å². The number of ether oxygens (including phenoxy) is 3. The van der Waals surface area contributed by atoms with Crippen LogP contribution in [-0.4, -0.2) is 48.4 Å². The molecule has 202 valence electrons. The van der Waals surface area contributed by atoms with Gasteiger partial charge in [0.05, 0.1) is 37.0 Å². The normalized spacial score (nSPS) is 10.8. The number of amidine groups is 1. The first-order chi connectivity index (χ1) is 18.9. The Bertz CT molecular complexity index is 1300. The zero-order valence-corrected chi connectivity index (χ0v) is 21.0. The molecule has 0 bridgehead atoms. The van der Waals surface area contributed by atoms with Gasteiger partial charge in [-0.1, -0.05) is 0 Å². The van der Waals surface area contributed by atoms with E-state index in [0.717, 1.165) is 0 Å². The van der Waals surface area contributed by atoms with Gasteiger partial charge >= 0.3 is 0 Å². The number of aliphatic imine (C=N–C) groups is 1. The Hall–Kier alpha value is -4.90. The minimum atomic E-state index is -0.333. The van der Waals surface area contributed by atoms with Crippen LogP contribution < -0.4 is 20.9 Å². The first kappa shape index (κ1) is 28.7. The zero-order chi connectivity index (χ0) is 27.9. The molecule has 4 aromatic rings. The Morgan fingerprint density at radius 2 is 1.33 bits per heavy atom. The summed E-state index contributed by atoms with van der Waals surface area (Å²) in [5.41, 5.74) is 13.4. The van der Waals surface area contributed by atoms with Crippen molar-refractivity contribution in [2.24, 2.45) is 10.7 Å². The van der Waals surface area contributed by atoms with Crippen molar-refractivity contribution in [2.75, 3.05) is 32.2 Å². The van der Waals surface area contributed by atoms with E-state index in [2.05, 4.69) is 15.0 Å². The highest BCUT2D eigenvalue weighted by molar-refractivity contribution is 5.97. The van der Waals surface area contributed by atoms with Gasteiger partial charge in [0.1, 0.15) is 47.9 Å². The van der Waals surface area contributed by atoms with Gasteiger partial charge in [0, 0.05) is 11.9 Å². The van der Waals surface area contributed by atoms with Gasteiger partial charge in [-0.05, 0) is 72.8 Å². The number of nitrogens with zero attached hydrogens (tertiary/aromatic N) is 3. The lowest BCUT2D eigenvalue weighted by atomic mass is 10.3. The molecule has 0 spiro atoms. The van der Waals surface area contributed by atoms with E-state index in [1.54, 1.807) is 36.7 Å². The van der Waals surface area contributed by atoms with Gasteiger partial charge in [0.15, 0.2) is 0 Å². The highest BCUT2D eigenvalue weighted by atomic mass is 19.1. The molecule has 11 heteroatoms. The lowest BCUT2D eigenvalue weighted by Gasteiger charge is -2.09. The lowest BCUT2D eigenvalue weighted by molar-refractivity contribution is 0.0762. The molecular formula is C28H28F2N6O3. The second-order valence-electron chi connectivity index (χ2n) is 7.78. The Labute approximate surface area is 224 Å². The van der Waals surface area contributed by atoms with E-state index in [4.69, 9.17) is 31.1 Å². The van der Waals surface area contributed by atoms with Crippen LogP contribution in [0.2, 0.25) is 0 Å². The molecule has 9 nitrogen and oxygen atoms in total. The Morgan fingerprint density at radius 3 is 1.82 bits per heavy atom. The largest absolute Gasteiger partial charge is 0.490 e. The summed E-state index contributed by atoms with van der Waals surface area (Å²) in [6.45, 7) is 1.54. The molecule has 39 heavy (non-hydrogen) atoms. The van der Waals surface area contributed by atoms with E-state index in [1.807, 2.05) is 0 Å². The molecule has 2 heterocycles. The average molecular weight is 535 g/mol. The summed E-state index contributed by atoms with van der Waals surface area (Å²) in [6.07, 6.45) is 4.29. The molecule has 0 saturated heterocycles. The van der Waals surface area contributed by atoms with Gasteiger partial charge in [-0.2, -0.15) is 0 Å². The van der Waals surface area contributed by atoms with Gasteiger partial charge in [-0.25, -0.2) is 18.8 Å². The quantitative estimate of drug-likeness (QED) is 0.111. The monoisotopic (exact) mass is 534 g/mol. The van der Waals surface area contributed by atoms with E-state index in [1.165, 1.54) is 54.7 Å². The van der Waals surface area contributed by atoms with Gasteiger partial charge in [-0.15, -0.1) is 0 Å². The fourth-order valence-electron chi connectivity index (χ4n) is 2.89. The van der Waals surface area contributed by atoms with Crippen molar-refractivity contribution in [3.05, 3.63) is 108 Å². The van der Waals surface area contributed by atoms with Crippen LogP contribution in [-0.2, 0) is 4.74 Å². The van der Waals surface area contributed by atoms with E-state index in [-0.39, 0.29) is 17.5 Å². The van der Waals surface area contributed by atoms with Crippen LogP contribution in [0.1, 0.15) is 11.4 Å². The third kappa shape index (κ3) is 10.5. The number of anilines is 1. The fourth-order valence-corrected chi connectivity index (χ4v) is 2.89. The summed E-state index contributed by atoms with van der Waals surface area (Å²) in [6, 6.07) is 18.3. The van der Waals surface area contributed by atoms with Crippen LogP contribution in [0.15, 0.2) is 90.2 Å². The van der Waals surface area contributed by atoms with Crippen LogP contribution in [0.4, 0.5) is 20.2 Å². The topological polar surface area (TPSA) is 142 Å². The SMILES string of the molecule is N=Cc1ccc(OCCOCCOc2ccc(C(N)=Nc3ccc(F)cc3)nc2)cn1.Nc1ccc(F)cc1. The van der Waals surface area contributed by atoms with Crippen LogP contribution in [0.25, 0.3) is 0 Å². The molecule has 2 aromatic carbocycles. The van der Waals surface area contributed by atoms with E-state index >= 15 is 0 Å². The molecule has 0 amide bonds. The predicted molar refractivity (Wildman–Crippen MR) is 146 cm³/mol. The molecular weight excluding hydrogens is 506 g/mol. The van der Waals surface area contributed by atoms with Crippen molar-refractivity contribution in [1.29, 1.82) is 5.41 Å². The number of pyridine rings is 2. The number of benzene rings is 2. The highest BCUT2D eigenvalue weighted by Crippen LogP contribution is 2.14. The number of halogens is 2. The van der Waals surface area contributed by atoms with Crippen molar-refractivity contribution in [3.63, 3.8) is 0 Å². The number of hydrogen-bond acceptors (Lipinski definition) is 8. The summed E-state index contributed by atoms with van der Waals surface area (Å²) >= 11 is 0. The Balaban J connectivity index is 0.000000449. The average Bonchev–Trinajstić information content (AvgIpc) is 2.96. The molecule has 4 rings (SSSR count). The highest BCUT2D eigenvalue weighted by Gasteiger charge is 2.03. The number of nitrogens with two attached hydrogens (primary N) is 2. The van der Waals surface area contributed by atoms with Crippen LogP contribution in [0.5, 0.6) is 11.5 Å². The van der Waals surface area contributed by atoms with Crippen LogP contribution >= 0.6 is 0 Å². The van der Waals surface area contributed by atoms with E-state index in [0.29, 0.717) is 60.7 Å². The van der Waals surface area contributed by atoms with Gasteiger partial charge < -0.3 is 31.1 Å². The smallest absolute Gasteiger partial charge is 0.150 e. The van der Waals surface area contributed by atoms with Crippen molar-refractivity contribution in [1.82, 2.24) is 9.97 Å². The second-order valence-corrected chi connectivity index (χ2v) is 7.78. The zero-order valence-electron chi connectivity index (χ0n) is 21.0. The summed E-state index contributed by atoms with van der Waals surface area (Å²) in [5.74, 6) is 0.846. The molecule has 0 radical (unpaired) electrons. The van der Waals surface area contributed by atoms with Gasteiger partial charge in [-0.3, -0.25) is 4.98 Å². The maximum atomic E-state index is 12.9. The van der Waals surface area contributed by atoms with E-state index in [9.17, 15) is 8.78 Å². The number of nitrogens with one attached hydrogen (secondary N) is 1. The molecule has 0 aliphatic carbocycles. The summed E-state index contributed by atoms with van der Waals surface area (Å²) in [4.78, 5) is 12.5. The lowest BCUT2D eigenvalue weighted by Crippen LogP contribution is -2.15. The molecule has 0 aliphatic rings. The number of aromatic nitrogens is 2. The Morgan fingerprint density at radius 1 is 0.769 bits per heavy atom. The Kier molecular flexibility index (Phi) is 11.3. The summed E-state index contributed by atoms with van der Waals surface area (Å²) in [7, 11) is 0. The first-order valence-corrected chi connectivity index (χ1v) is 11.8. The molecule has 0 saturated carbocycles. The minimum Gasteiger partial charge on any atom is -0.490 e. The maximum absolute atomic E-state index is 12.9. The van der Waals surface area contributed by atoms with Gasteiger partial charge in [0.25, 0.3) is 0 Å². The second kappa shape index (κ2) is 15.4. The molecule has 0 fully saturated rings. The van der Waals surface area contributed by atoms with Gasteiger partial charge in [0.2, 0.25) is 0 Å². The standard InChI is InChI=1S/C22H22FN5O3.C6H6FN/c23-16-1-3-17(4-2-16)28-22(25)21-8-7-20(15-27-21)31-12-10-29-9-11-30-19-6-5-18(13-24)26-14-19;7-5-1-3-6(8)4-2-5/h1-8,13-15,24H,9-12H2,(H2,25,28);1-4H,8H2. The van der Waals surface area contributed by atoms with Crippen molar-refractivity contribution in [2.45, 2.75) is 0 Å². The number of rotatable bonds is 11. The van der Waals surface area contributed by atoms with E-state index < -0.39 is 0 Å². The van der Waals surface area contributed by atoms with Crippen LogP contribution in [0.3, 0.4) is 0 Å². The predicted octanol–water partition coefficient (Wildman–Crippen LogP) is 4.53. The molecule has 2 aromatic heterocycles. The van der Waals surface area contributed by atoms with Crippen molar-refractivity contribution >= 4 is 23.4 Å². The van der Waals surface area contributed by atoms with Crippen LogP contribution in [0, 0.1) is 17.0 Å². The maximum Gasteiger partial charge on any atom is 0.150 e. The minimum absolute atomic E-state index is 0.226. The number of nitrogen functional groups attached to an aromatic ring is 1. The molecule has 0 unspecified atom stereocenters. The third-order valence-corrected chi connectivity index (χ3v) is 4.84. The van der Waals surface area contributed by atoms with Crippen molar-refractivity contribution < 1.29 is 23.0 Å². The molecule has 0 aliphatic heterocycles. The summed E-state index contributed by atoms with van der Waals surface area (Å²) < 4.78 is 41.5. The fraction of sp³-hybridized carbons (Fsp3) is 0.143. The summed E-state index contributed by atoms with van der Waals surface area (Å²) in [5, 5.41) is 7.10. The third-order valence-electron chi connectivity index (χ3n) is 4.84. The molecule has 0 atom stereocenters.